The number of hydrogen-bond acceptors (Lipinski definition) is 3. The van der Waals surface area contributed by atoms with Gasteiger partial charge in [0.2, 0.25) is 10.0 Å². The molecule has 0 aromatic heterocycles. The molecule has 0 heterocycles. The van der Waals surface area contributed by atoms with Crippen LogP contribution < -0.4 is 10.5 Å². The number of halogens is 1. The van der Waals surface area contributed by atoms with Crippen LogP contribution in [0.25, 0.3) is 0 Å². The summed E-state index contributed by atoms with van der Waals surface area (Å²) in [6, 6.07) is 2.68. The van der Waals surface area contributed by atoms with Crippen molar-refractivity contribution in [2.45, 2.75) is 31.2 Å². The SMILES string of the molecule is C=CCC(C)NS(=O)(=O)c1cc(N)c(C)cc1Cl. The topological polar surface area (TPSA) is 72.2 Å². The van der Waals surface area contributed by atoms with Crippen molar-refractivity contribution >= 4 is 27.3 Å². The molecule has 1 rings (SSSR count). The Morgan fingerprint density at radius 3 is 2.72 bits per heavy atom. The van der Waals surface area contributed by atoms with Crippen LogP contribution in [0.15, 0.2) is 29.7 Å². The molecule has 0 radical (unpaired) electrons. The van der Waals surface area contributed by atoms with Crippen molar-refractivity contribution in [3.8, 4) is 0 Å². The molecule has 0 amide bonds. The van der Waals surface area contributed by atoms with Crippen LogP contribution in [0, 0.1) is 6.92 Å². The minimum Gasteiger partial charge on any atom is -0.398 e. The maximum atomic E-state index is 12.1. The number of nitrogen functional groups attached to an aromatic ring is 1. The first-order valence-electron chi connectivity index (χ1n) is 5.46. The van der Waals surface area contributed by atoms with Gasteiger partial charge in [0.1, 0.15) is 4.90 Å². The maximum Gasteiger partial charge on any atom is 0.242 e. The van der Waals surface area contributed by atoms with Gasteiger partial charge in [0.05, 0.1) is 5.02 Å². The van der Waals surface area contributed by atoms with E-state index in [0.29, 0.717) is 12.1 Å². The summed E-state index contributed by atoms with van der Waals surface area (Å²) < 4.78 is 26.8. The molecule has 100 valence electrons. The minimum absolute atomic E-state index is 0.00294. The van der Waals surface area contributed by atoms with Gasteiger partial charge >= 0.3 is 0 Å². The fraction of sp³-hybridized carbons (Fsp3) is 0.333. The van der Waals surface area contributed by atoms with Crippen LogP contribution >= 0.6 is 11.6 Å². The molecule has 0 bridgehead atoms. The molecule has 18 heavy (non-hydrogen) atoms. The highest BCUT2D eigenvalue weighted by Crippen LogP contribution is 2.26. The van der Waals surface area contributed by atoms with Crippen molar-refractivity contribution in [1.82, 2.24) is 4.72 Å². The van der Waals surface area contributed by atoms with E-state index in [2.05, 4.69) is 11.3 Å². The molecule has 1 aromatic rings. The van der Waals surface area contributed by atoms with Gasteiger partial charge < -0.3 is 5.73 Å². The third-order valence-electron chi connectivity index (χ3n) is 2.49. The van der Waals surface area contributed by atoms with Crippen molar-refractivity contribution < 1.29 is 8.42 Å². The van der Waals surface area contributed by atoms with Crippen LogP contribution in [0.2, 0.25) is 5.02 Å². The molecule has 0 aliphatic carbocycles. The van der Waals surface area contributed by atoms with E-state index in [4.69, 9.17) is 17.3 Å². The molecular formula is C12H17ClN2O2S. The zero-order valence-electron chi connectivity index (χ0n) is 10.4. The smallest absolute Gasteiger partial charge is 0.242 e. The highest BCUT2D eigenvalue weighted by molar-refractivity contribution is 7.89. The predicted molar refractivity (Wildman–Crippen MR) is 75.2 cm³/mol. The Balaban J connectivity index is 3.13. The molecular weight excluding hydrogens is 272 g/mol. The number of sulfonamides is 1. The van der Waals surface area contributed by atoms with E-state index in [1.807, 2.05) is 0 Å². The second-order valence-electron chi connectivity index (χ2n) is 4.19. The van der Waals surface area contributed by atoms with Gasteiger partial charge in [0, 0.05) is 11.7 Å². The van der Waals surface area contributed by atoms with Crippen molar-refractivity contribution in [2.75, 3.05) is 5.73 Å². The first-order valence-corrected chi connectivity index (χ1v) is 7.33. The van der Waals surface area contributed by atoms with Crippen LogP contribution in [0.5, 0.6) is 0 Å². The molecule has 4 nitrogen and oxygen atoms in total. The van der Waals surface area contributed by atoms with Crippen LogP contribution in [-0.2, 0) is 10.0 Å². The summed E-state index contributed by atoms with van der Waals surface area (Å²) in [5, 5.41) is 0.167. The van der Waals surface area contributed by atoms with E-state index in [1.165, 1.54) is 6.07 Å². The van der Waals surface area contributed by atoms with Crippen molar-refractivity contribution in [3.05, 3.63) is 35.4 Å². The average Bonchev–Trinajstić information content (AvgIpc) is 2.22. The van der Waals surface area contributed by atoms with Crippen LogP contribution in [0.3, 0.4) is 0 Å². The number of anilines is 1. The Labute approximate surface area is 113 Å². The summed E-state index contributed by atoms with van der Waals surface area (Å²) in [5.41, 5.74) is 6.86. The first-order chi connectivity index (χ1) is 8.27. The third kappa shape index (κ3) is 3.48. The molecule has 1 atom stereocenters. The monoisotopic (exact) mass is 288 g/mol. The molecule has 0 fully saturated rings. The minimum atomic E-state index is -3.66. The zero-order valence-corrected chi connectivity index (χ0v) is 12.0. The summed E-state index contributed by atoms with van der Waals surface area (Å²) in [5.74, 6) is 0. The summed E-state index contributed by atoms with van der Waals surface area (Å²) in [6.45, 7) is 7.09. The lowest BCUT2D eigenvalue weighted by Crippen LogP contribution is -2.32. The number of benzene rings is 1. The molecule has 0 aliphatic heterocycles. The number of aryl methyl sites for hydroxylation is 1. The van der Waals surface area contributed by atoms with E-state index >= 15 is 0 Å². The summed E-state index contributed by atoms with van der Waals surface area (Å²) in [6.07, 6.45) is 2.19. The standard InChI is InChI=1S/C12H17ClN2O2S/c1-4-5-9(3)15-18(16,17)12-7-11(14)8(2)6-10(12)13/h4,6-7,9,15H,1,5,14H2,2-3H3. The van der Waals surface area contributed by atoms with Gasteiger partial charge in [-0.3, -0.25) is 0 Å². The Kier molecular flexibility index (Phi) is 4.78. The zero-order chi connectivity index (χ0) is 13.9. The number of nitrogens with one attached hydrogen (secondary N) is 1. The summed E-state index contributed by atoms with van der Waals surface area (Å²) in [7, 11) is -3.66. The molecule has 6 heteroatoms. The van der Waals surface area contributed by atoms with Crippen molar-refractivity contribution in [1.29, 1.82) is 0 Å². The van der Waals surface area contributed by atoms with Gasteiger partial charge in [-0.1, -0.05) is 17.7 Å². The molecule has 1 aromatic carbocycles. The highest BCUT2D eigenvalue weighted by atomic mass is 35.5. The summed E-state index contributed by atoms with van der Waals surface area (Å²) in [4.78, 5) is 0.00294. The Morgan fingerprint density at radius 1 is 1.56 bits per heavy atom. The third-order valence-corrected chi connectivity index (χ3v) is 4.54. The highest BCUT2D eigenvalue weighted by Gasteiger charge is 2.20. The predicted octanol–water partition coefficient (Wildman–Crippen LogP) is 2.47. The van der Waals surface area contributed by atoms with E-state index in [1.54, 1.807) is 26.0 Å². The van der Waals surface area contributed by atoms with Crippen LogP contribution in [0.4, 0.5) is 5.69 Å². The second-order valence-corrected chi connectivity index (χ2v) is 6.28. The van der Waals surface area contributed by atoms with Gasteiger partial charge in [0.25, 0.3) is 0 Å². The molecule has 0 spiro atoms. The second kappa shape index (κ2) is 5.73. The van der Waals surface area contributed by atoms with Gasteiger partial charge in [-0.25, -0.2) is 13.1 Å². The average molecular weight is 289 g/mol. The maximum absolute atomic E-state index is 12.1. The number of rotatable bonds is 5. The largest absolute Gasteiger partial charge is 0.398 e. The fourth-order valence-electron chi connectivity index (χ4n) is 1.50. The van der Waals surface area contributed by atoms with Crippen molar-refractivity contribution in [3.63, 3.8) is 0 Å². The number of nitrogens with two attached hydrogens (primary N) is 1. The lowest BCUT2D eigenvalue weighted by atomic mass is 10.2. The molecule has 0 saturated heterocycles. The van der Waals surface area contributed by atoms with Crippen LogP contribution in [-0.4, -0.2) is 14.5 Å². The van der Waals surface area contributed by atoms with Crippen molar-refractivity contribution in [2.24, 2.45) is 0 Å². The number of hydrogen-bond donors (Lipinski definition) is 2. The fourth-order valence-corrected chi connectivity index (χ4v) is 3.37. The van der Waals surface area contributed by atoms with Gasteiger partial charge in [-0.05, 0) is 38.0 Å². The molecule has 0 aliphatic rings. The normalized spacial score (nSPS) is 13.3. The first kappa shape index (κ1) is 15.0. The van der Waals surface area contributed by atoms with E-state index in [-0.39, 0.29) is 16.0 Å². The van der Waals surface area contributed by atoms with E-state index in [0.717, 1.165) is 5.56 Å². The molecule has 0 saturated carbocycles. The van der Waals surface area contributed by atoms with E-state index < -0.39 is 10.0 Å². The lowest BCUT2D eigenvalue weighted by molar-refractivity contribution is 0.562. The Morgan fingerprint density at radius 2 is 2.17 bits per heavy atom. The summed E-state index contributed by atoms with van der Waals surface area (Å²) >= 11 is 5.95. The molecule has 3 N–H and O–H groups in total. The Hall–Kier alpha value is -1.04. The van der Waals surface area contributed by atoms with Gasteiger partial charge in [0.15, 0.2) is 0 Å². The van der Waals surface area contributed by atoms with Gasteiger partial charge in [-0.2, -0.15) is 0 Å². The van der Waals surface area contributed by atoms with Crippen LogP contribution in [0.1, 0.15) is 18.9 Å². The lowest BCUT2D eigenvalue weighted by Gasteiger charge is -2.14. The quantitative estimate of drug-likeness (QED) is 0.646. The van der Waals surface area contributed by atoms with E-state index in [9.17, 15) is 8.42 Å². The Bertz CT molecular complexity index is 555. The van der Waals surface area contributed by atoms with Gasteiger partial charge in [-0.15, -0.1) is 6.58 Å². The molecule has 1 unspecified atom stereocenters.